The van der Waals surface area contributed by atoms with Gasteiger partial charge in [-0.3, -0.25) is 4.90 Å². The summed E-state index contributed by atoms with van der Waals surface area (Å²) in [5.41, 5.74) is 0. The topological polar surface area (TPSA) is 43.4 Å². The molecule has 0 fully saturated rings. The molecular weight excluding hydrogens is 353 g/mol. The number of carbonyl (C=O) groups excluding carboxylic acids is 1. The Bertz CT molecular complexity index is 720. The van der Waals surface area contributed by atoms with E-state index in [1.165, 1.54) is 15.9 Å². The molecule has 0 aliphatic carbocycles. The Morgan fingerprint density at radius 2 is 1.00 bits per heavy atom. The molecule has 0 saturated heterocycles. The van der Waals surface area contributed by atoms with E-state index in [2.05, 4.69) is 110 Å². The molecule has 0 unspecified atom stereocenters. The van der Waals surface area contributed by atoms with Crippen molar-refractivity contribution in [1.29, 1.82) is 0 Å². The third-order valence-corrected chi connectivity index (χ3v) is 8.61. The maximum atomic E-state index is 8.89. The summed E-state index contributed by atoms with van der Waals surface area (Å²) in [6, 6.07) is 33.0. The van der Waals surface area contributed by atoms with Crippen LogP contribution in [0.4, 0.5) is 0 Å². The van der Waals surface area contributed by atoms with E-state index >= 15 is 0 Å². The number of aliphatic carboxylic acids is 1. The van der Waals surface area contributed by atoms with Gasteiger partial charge < -0.3 is 9.90 Å². The number of carboxylic acid groups (broad SMARTS) is 1. The Hall–Kier alpha value is -2.48. The summed E-state index contributed by atoms with van der Waals surface area (Å²) < 4.78 is 0. The molecule has 27 heavy (non-hydrogen) atoms. The highest BCUT2D eigenvalue weighted by Crippen LogP contribution is 2.55. The predicted molar refractivity (Wildman–Crippen MR) is 114 cm³/mol. The average Bonchev–Trinajstić information content (AvgIpc) is 2.67. The summed E-state index contributed by atoms with van der Waals surface area (Å²) in [5, 5.41) is 13.2. The number of carbonyl (C=O) groups is 1. The van der Waals surface area contributed by atoms with Crippen LogP contribution < -0.4 is 21.0 Å². The molecule has 0 amide bonds. The van der Waals surface area contributed by atoms with Crippen LogP contribution in [0.3, 0.4) is 0 Å². The van der Waals surface area contributed by atoms with Crippen LogP contribution in [0.15, 0.2) is 91.0 Å². The van der Waals surface area contributed by atoms with Crippen LogP contribution in [0.1, 0.15) is 6.92 Å². The molecule has 0 aromatic heterocycles. The van der Waals surface area contributed by atoms with E-state index in [1.54, 1.807) is 0 Å². The smallest absolute Gasteiger partial charge is 0.126 e. The van der Waals surface area contributed by atoms with Crippen molar-refractivity contribution in [2.24, 2.45) is 0 Å². The molecule has 0 N–H and O–H groups in total. The Kier molecular flexibility index (Phi) is 7.72. The highest BCUT2D eigenvalue weighted by atomic mass is 31.2. The van der Waals surface area contributed by atoms with Gasteiger partial charge in [0.05, 0.1) is 0 Å². The molecule has 0 atom stereocenters. The van der Waals surface area contributed by atoms with Crippen molar-refractivity contribution in [3.8, 4) is 0 Å². The molecule has 0 radical (unpaired) electrons. The molecule has 0 aliphatic heterocycles. The molecule has 0 bridgehead atoms. The Labute approximate surface area is 162 Å². The van der Waals surface area contributed by atoms with E-state index in [1.807, 2.05) is 0 Å². The van der Waals surface area contributed by atoms with E-state index in [0.717, 1.165) is 13.2 Å². The minimum Gasteiger partial charge on any atom is -0.550 e. The van der Waals surface area contributed by atoms with Gasteiger partial charge in [-0.25, -0.2) is 0 Å². The molecule has 4 heteroatoms. The Morgan fingerprint density at radius 1 is 0.741 bits per heavy atom. The minimum absolute atomic E-state index is 0.972. The summed E-state index contributed by atoms with van der Waals surface area (Å²) in [4.78, 5) is 11.2. The SMILES string of the molecule is CC(=O)[O-].CN(C)C[P+](c1ccccc1)(c1ccccc1)c1ccccc1. The number of nitrogens with zero attached hydrogens (tertiary/aromatic N) is 1. The lowest BCUT2D eigenvalue weighted by Crippen LogP contribution is -2.37. The monoisotopic (exact) mass is 379 g/mol. The number of carboxylic acids is 1. The van der Waals surface area contributed by atoms with E-state index in [4.69, 9.17) is 9.90 Å². The number of hydrogen-bond acceptors (Lipinski definition) is 3. The molecule has 3 nitrogen and oxygen atoms in total. The fourth-order valence-corrected chi connectivity index (χ4v) is 7.44. The summed E-state index contributed by atoms with van der Waals surface area (Å²) >= 11 is 0. The fourth-order valence-electron chi connectivity index (χ4n) is 3.16. The fraction of sp³-hybridized carbons (Fsp3) is 0.174. The summed E-state index contributed by atoms with van der Waals surface area (Å²) in [6.07, 6.45) is 1.03. The van der Waals surface area contributed by atoms with Crippen molar-refractivity contribution < 1.29 is 9.90 Å². The molecule has 0 heterocycles. The van der Waals surface area contributed by atoms with Crippen LogP contribution in [0, 0.1) is 0 Å². The van der Waals surface area contributed by atoms with Crippen molar-refractivity contribution in [2.75, 3.05) is 20.4 Å². The van der Waals surface area contributed by atoms with Crippen molar-refractivity contribution in [1.82, 2.24) is 4.90 Å². The van der Waals surface area contributed by atoms with Crippen LogP contribution in [-0.2, 0) is 4.79 Å². The van der Waals surface area contributed by atoms with Gasteiger partial charge in [0.1, 0.15) is 29.5 Å². The Balaban J connectivity index is 0.000000596. The molecule has 3 aromatic carbocycles. The molecule has 3 aromatic rings. The maximum absolute atomic E-state index is 8.89. The van der Waals surface area contributed by atoms with E-state index in [9.17, 15) is 0 Å². The highest BCUT2D eigenvalue weighted by Gasteiger charge is 2.45. The van der Waals surface area contributed by atoms with Gasteiger partial charge >= 0.3 is 0 Å². The van der Waals surface area contributed by atoms with Gasteiger partial charge in [-0.05, 0) is 57.4 Å². The van der Waals surface area contributed by atoms with Gasteiger partial charge in [0.15, 0.2) is 0 Å². The standard InChI is InChI=1S/C21H23NP.C2H4O2/c1-22(2)18-23(19-12-6-3-7-13-19,20-14-8-4-9-15-20)21-16-10-5-11-17-21;1-2(3)4/h3-17H,18H2,1-2H3;1H3,(H,3,4)/q+1;/p-1. The van der Waals surface area contributed by atoms with Crippen LogP contribution in [0.2, 0.25) is 0 Å². The second kappa shape index (κ2) is 10.0. The van der Waals surface area contributed by atoms with E-state index in [0.29, 0.717) is 0 Å². The van der Waals surface area contributed by atoms with Gasteiger partial charge in [0.2, 0.25) is 0 Å². The zero-order valence-electron chi connectivity index (χ0n) is 16.1. The van der Waals surface area contributed by atoms with Crippen molar-refractivity contribution in [3.63, 3.8) is 0 Å². The van der Waals surface area contributed by atoms with Crippen LogP contribution >= 0.6 is 7.26 Å². The second-order valence-corrected chi connectivity index (χ2v) is 9.98. The normalized spacial score (nSPS) is 10.8. The number of benzene rings is 3. The van der Waals surface area contributed by atoms with Crippen LogP contribution in [-0.4, -0.2) is 31.3 Å². The Morgan fingerprint density at radius 3 is 1.22 bits per heavy atom. The molecule has 3 rings (SSSR count). The van der Waals surface area contributed by atoms with E-state index in [-0.39, 0.29) is 0 Å². The average molecular weight is 379 g/mol. The highest BCUT2D eigenvalue weighted by molar-refractivity contribution is 7.95. The quantitative estimate of drug-likeness (QED) is 0.639. The first-order chi connectivity index (χ1) is 13.0. The molecule has 0 aliphatic rings. The second-order valence-electron chi connectivity index (χ2n) is 6.53. The van der Waals surface area contributed by atoms with Crippen molar-refractivity contribution >= 4 is 29.1 Å². The lowest BCUT2D eigenvalue weighted by Gasteiger charge is -2.29. The first kappa shape index (κ1) is 20.8. The van der Waals surface area contributed by atoms with Crippen LogP contribution in [0.5, 0.6) is 0 Å². The zero-order valence-corrected chi connectivity index (χ0v) is 17.0. The lowest BCUT2D eigenvalue weighted by atomic mass is 10.4. The molecule has 0 spiro atoms. The summed E-state index contributed by atoms with van der Waals surface area (Å²) in [5.74, 6) is -1.08. The summed E-state index contributed by atoms with van der Waals surface area (Å²) in [6.45, 7) is 0.972. The van der Waals surface area contributed by atoms with Crippen LogP contribution in [0.25, 0.3) is 0 Å². The minimum atomic E-state index is -1.68. The first-order valence-electron chi connectivity index (χ1n) is 8.84. The van der Waals surface area contributed by atoms with Gasteiger partial charge in [-0.1, -0.05) is 54.6 Å². The maximum Gasteiger partial charge on any atom is 0.126 e. The lowest BCUT2D eigenvalue weighted by molar-refractivity contribution is -0.302. The van der Waals surface area contributed by atoms with E-state index < -0.39 is 13.2 Å². The van der Waals surface area contributed by atoms with Gasteiger partial charge in [0, 0.05) is 5.97 Å². The van der Waals surface area contributed by atoms with Gasteiger partial charge in [-0.2, -0.15) is 0 Å². The predicted octanol–water partition coefficient (Wildman–Crippen LogP) is 2.26. The van der Waals surface area contributed by atoms with Gasteiger partial charge in [0.25, 0.3) is 0 Å². The largest absolute Gasteiger partial charge is 0.550 e. The van der Waals surface area contributed by atoms with Crippen molar-refractivity contribution in [3.05, 3.63) is 91.0 Å². The zero-order chi connectivity index (χ0) is 19.7. The number of hydrogen-bond donors (Lipinski definition) is 0. The summed E-state index contributed by atoms with van der Waals surface area (Å²) in [7, 11) is 2.66. The first-order valence-corrected chi connectivity index (χ1v) is 10.8. The van der Waals surface area contributed by atoms with Crippen molar-refractivity contribution in [2.45, 2.75) is 6.92 Å². The third kappa shape index (κ3) is 5.50. The molecule has 140 valence electrons. The molecular formula is C23H26NO2P. The molecule has 0 saturated carbocycles. The number of rotatable bonds is 5. The third-order valence-electron chi connectivity index (χ3n) is 4.09. The van der Waals surface area contributed by atoms with Gasteiger partial charge in [-0.15, -0.1) is 0 Å².